The first kappa shape index (κ1) is 15.0. The van der Waals surface area contributed by atoms with Crippen molar-refractivity contribution in [3.8, 4) is 0 Å². The smallest absolute Gasteiger partial charge is 0.0247 e. The number of thiophene rings is 1. The number of nitrogens with one attached hydrogen (secondary N) is 1. The van der Waals surface area contributed by atoms with Gasteiger partial charge in [-0.2, -0.15) is 11.3 Å². The van der Waals surface area contributed by atoms with Crippen LogP contribution in [0.15, 0.2) is 16.8 Å². The molecule has 108 valence electrons. The summed E-state index contributed by atoms with van der Waals surface area (Å²) in [5.74, 6) is 0. The van der Waals surface area contributed by atoms with Gasteiger partial charge in [0.15, 0.2) is 0 Å². The van der Waals surface area contributed by atoms with Gasteiger partial charge in [0, 0.05) is 24.2 Å². The zero-order chi connectivity index (χ0) is 13.9. The van der Waals surface area contributed by atoms with Crippen LogP contribution in [0.3, 0.4) is 0 Å². The molecule has 1 aromatic heterocycles. The zero-order valence-corrected chi connectivity index (χ0v) is 13.6. The molecule has 1 atom stereocenters. The third-order valence-electron chi connectivity index (χ3n) is 3.74. The first-order valence-corrected chi connectivity index (χ1v) is 8.42. The quantitative estimate of drug-likeness (QED) is 0.815. The fourth-order valence-electron chi connectivity index (χ4n) is 2.47. The second-order valence-electron chi connectivity index (χ2n) is 6.85. The van der Waals surface area contributed by atoms with Crippen molar-refractivity contribution in [2.45, 2.75) is 71.1 Å². The Balaban J connectivity index is 1.81. The molecule has 0 saturated heterocycles. The highest BCUT2D eigenvalue weighted by Crippen LogP contribution is 2.31. The molecule has 1 aliphatic carbocycles. The van der Waals surface area contributed by atoms with Gasteiger partial charge in [-0.25, -0.2) is 0 Å². The lowest BCUT2D eigenvalue weighted by molar-refractivity contribution is 0.177. The van der Waals surface area contributed by atoms with Gasteiger partial charge in [-0.3, -0.25) is 4.90 Å². The van der Waals surface area contributed by atoms with E-state index >= 15 is 0 Å². The fraction of sp³-hybridized carbons (Fsp3) is 0.750. The lowest BCUT2D eigenvalue weighted by atomic mass is 10.1. The monoisotopic (exact) mass is 280 g/mol. The van der Waals surface area contributed by atoms with E-state index in [0.717, 1.165) is 19.1 Å². The minimum atomic E-state index is 0.234. The molecule has 1 heterocycles. The molecule has 2 nitrogen and oxygen atoms in total. The Kier molecular flexibility index (Phi) is 5.04. The minimum absolute atomic E-state index is 0.234. The summed E-state index contributed by atoms with van der Waals surface area (Å²) in [6, 6.07) is 3.77. The van der Waals surface area contributed by atoms with Crippen LogP contribution in [0.4, 0.5) is 0 Å². The topological polar surface area (TPSA) is 15.3 Å². The van der Waals surface area contributed by atoms with Gasteiger partial charge in [0.1, 0.15) is 0 Å². The van der Waals surface area contributed by atoms with Gasteiger partial charge in [-0.05, 0) is 75.9 Å². The maximum atomic E-state index is 3.60. The molecule has 3 heteroatoms. The van der Waals surface area contributed by atoms with Crippen LogP contribution in [0.1, 0.15) is 52.5 Å². The summed E-state index contributed by atoms with van der Waals surface area (Å²) in [5.41, 5.74) is 1.71. The highest BCUT2D eigenvalue weighted by molar-refractivity contribution is 7.07. The van der Waals surface area contributed by atoms with Gasteiger partial charge in [-0.15, -0.1) is 0 Å². The number of nitrogens with zero attached hydrogens (tertiary/aromatic N) is 1. The largest absolute Gasteiger partial charge is 0.312 e. The van der Waals surface area contributed by atoms with E-state index in [-0.39, 0.29) is 5.54 Å². The van der Waals surface area contributed by atoms with Crippen molar-refractivity contribution >= 4 is 11.3 Å². The van der Waals surface area contributed by atoms with Crippen molar-refractivity contribution in [2.24, 2.45) is 0 Å². The lowest BCUT2D eigenvalue weighted by Crippen LogP contribution is -2.41. The normalized spacial score (nSPS) is 17.9. The van der Waals surface area contributed by atoms with Crippen LogP contribution < -0.4 is 5.32 Å². The average molecular weight is 280 g/mol. The standard InChI is InChI=1S/C16H28N2S/c1-13(7-9-17-16(2,3)4)18(15-5-6-15)11-14-8-10-19-12-14/h8,10,12-13,15,17H,5-7,9,11H2,1-4H3. The molecule has 1 unspecified atom stereocenters. The molecule has 0 bridgehead atoms. The van der Waals surface area contributed by atoms with Gasteiger partial charge in [0.05, 0.1) is 0 Å². The number of hydrogen-bond acceptors (Lipinski definition) is 3. The molecular formula is C16H28N2S. The molecular weight excluding hydrogens is 252 g/mol. The maximum Gasteiger partial charge on any atom is 0.0247 e. The molecule has 0 spiro atoms. The van der Waals surface area contributed by atoms with Crippen LogP contribution in [0, 0.1) is 0 Å². The maximum absolute atomic E-state index is 3.60. The van der Waals surface area contributed by atoms with Crippen molar-refractivity contribution in [3.05, 3.63) is 22.4 Å². The molecule has 1 aliphatic rings. The summed E-state index contributed by atoms with van der Waals surface area (Å²) in [7, 11) is 0. The highest BCUT2D eigenvalue weighted by Gasteiger charge is 2.32. The van der Waals surface area contributed by atoms with Gasteiger partial charge in [-0.1, -0.05) is 0 Å². The van der Waals surface area contributed by atoms with E-state index in [1.165, 1.54) is 24.8 Å². The van der Waals surface area contributed by atoms with E-state index in [1.807, 2.05) is 11.3 Å². The Hall–Kier alpha value is -0.380. The van der Waals surface area contributed by atoms with Crippen molar-refractivity contribution in [1.82, 2.24) is 10.2 Å². The second kappa shape index (κ2) is 6.38. The number of hydrogen-bond donors (Lipinski definition) is 1. The Morgan fingerprint density at radius 3 is 2.68 bits per heavy atom. The molecule has 1 saturated carbocycles. The van der Waals surface area contributed by atoms with Gasteiger partial charge >= 0.3 is 0 Å². The van der Waals surface area contributed by atoms with E-state index < -0.39 is 0 Å². The van der Waals surface area contributed by atoms with E-state index in [9.17, 15) is 0 Å². The Labute approximate surface area is 122 Å². The SMILES string of the molecule is CC(CCNC(C)(C)C)N(Cc1ccsc1)C1CC1. The van der Waals surface area contributed by atoms with Crippen molar-refractivity contribution < 1.29 is 0 Å². The minimum Gasteiger partial charge on any atom is -0.312 e. The van der Waals surface area contributed by atoms with Crippen LogP contribution in [0.25, 0.3) is 0 Å². The second-order valence-corrected chi connectivity index (χ2v) is 7.63. The van der Waals surface area contributed by atoms with Crippen LogP contribution in [-0.2, 0) is 6.54 Å². The highest BCUT2D eigenvalue weighted by atomic mass is 32.1. The molecule has 0 amide bonds. The van der Waals surface area contributed by atoms with Gasteiger partial charge in [0.2, 0.25) is 0 Å². The molecule has 0 aromatic carbocycles. The van der Waals surface area contributed by atoms with Crippen LogP contribution in [-0.4, -0.2) is 29.1 Å². The summed E-state index contributed by atoms with van der Waals surface area (Å²) in [6.45, 7) is 11.3. The van der Waals surface area contributed by atoms with Gasteiger partial charge in [0.25, 0.3) is 0 Å². The first-order valence-electron chi connectivity index (χ1n) is 7.47. The van der Waals surface area contributed by atoms with E-state index in [1.54, 1.807) is 0 Å². The van der Waals surface area contributed by atoms with Crippen molar-refractivity contribution in [3.63, 3.8) is 0 Å². The zero-order valence-electron chi connectivity index (χ0n) is 12.8. The van der Waals surface area contributed by atoms with Crippen LogP contribution in [0.2, 0.25) is 0 Å². The van der Waals surface area contributed by atoms with Crippen LogP contribution in [0.5, 0.6) is 0 Å². The van der Waals surface area contributed by atoms with Gasteiger partial charge < -0.3 is 5.32 Å². The molecule has 0 aliphatic heterocycles. The van der Waals surface area contributed by atoms with Crippen molar-refractivity contribution in [2.75, 3.05) is 6.54 Å². The van der Waals surface area contributed by atoms with E-state index in [2.05, 4.69) is 54.7 Å². The summed E-state index contributed by atoms with van der Waals surface area (Å²) >= 11 is 1.81. The number of rotatable bonds is 7. The van der Waals surface area contributed by atoms with E-state index in [4.69, 9.17) is 0 Å². The molecule has 1 N–H and O–H groups in total. The predicted octanol–water partition coefficient (Wildman–Crippen LogP) is 3.88. The average Bonchev–Trinajstić information content (AvgIpc) is 3.01. The summed E-state index contributed by atoms with van der Waals surface area (Å²) in [6.07, 6.45) is 4.01. The molecule has 1 fully saturated rings. The van der Waals surface area contributed by atoms with Crippen LogP contribution >= 0.6 is 11.3 Å². The van der Waals surface area contributed by atoms with E-state index in [0.29, 0.717) is 6.04 Å². The molecule has 19 heavy (non-hydrogen) atoms. The fourth-order valence-corrected chi connectivity index (χ4v) is 3.13. The Morgan fingerprint density at radius 1 is 1.42 bits per heavy atom. The third kappa shape index (κ3) is 5.25. The first-order chi connectivity index (χ1) is 8.96. The molecule has 2 rings (SSSR count). The Morgan fingerprint density at radius 2 is 2.16 bits per heavy atom. The molecule has 0 radical (unpaired) electrons. The summed E-state index contributed by atoms with van der Waals surface area (Å²) in [5, 5.41) is 8.08. The predicted molar refractivity (Wildman–Crippen MR) is 84.7 cm³/mol. The third-order valence-corrected chi connectivity index (χ3v) is 4.48. The Bertz CT molecular complexity index is 363. The summed E-state index contributed by atoms with van der Waals surface area (Å²) < 4.78 is 0. The lowest BCUT2D eigenvalue weighted by Gasteiger charge is -2.30. The van der Waals surface area contributed by atoms with Crippen molar-refractivity contribution in [1.29, 1.82) is 0 Å². The molecule has 1 aromatic rings. The summed E-state index contributed by atoms with van der Waals surface area (Å²) in [4.78, 5) is 2.70.